The summed E-state index contributed by atoms with van der Waals surface area (Å²) in [6.07, 6.45) is 1.52. The molecule has 3 aromatic rings. The first-order chi connectivity index (χ1) is 14.1. The van der Waals surface area contributed by atoms with Crippen LogP contribution in [0.25, 0.3) is 11.5 Å². The monoisotopic (exact) mass is 470 g/mol. The average molecular weight is 471 g/mol. The molecular weight excluding hydrogens is 452 g/mol. The van der Waals surface area contributed by atoms with E-state index in [9.17, 15) is 13.2 Å². The molecule has 1 aromatic carbocycles. The Hall–Kier alpha value is -2.34. The fraction of sp³-hybridized carbons (Fsp3) is 0.278. The number of amides is 1. The molecule has 2 aromatic heterocycles. The van der Waals surface area contributed by atoms with Crippen molar-refractivity contribution in [1.82, 2.24) is 14.5 Å². The number of hydrogen-bond acceptors (Lipinski definition) is 8. The lowest BCUT2D eigenvalue weighted by Gasteiger charge is -2.15. The number of carbonyl (C=O) groups excluding carboxylic acids is 1. The Labute approximate surface area is 182 Å². The summed E-state index contributed by atoms with van der Waals surface area (Å²) < 4.78 is 36.6. The predicted octanol–water partition coefficient (Wildman–Crippen LogP) is 3.66. The van der Waals surface area contributed by atoms with Gasteiger partial charge in [-0.2, -0.15) is 0 Å². The highest BCUT2D eigenvalue weighted by Crippen LogP contribution is 2.30. The van der Waals surface area contributed by atoms with Crippen molar-refractivity contribution in [2.24, 2.45) is 0 Å². The van der Waals surface area contributed by atoms with Crippen LogP contribution in [0.15, 0.2) is 49.5 Å². The van der Waals surface area contributed by atoms with Crippen molar-refractivity contribution in [2.75, 3.05) is 19.4 Å². The topological polar surface area (TPSA) is 119 Å². The number of furan rings is 1. The van der Waals surface area contributed by atoms with Crippen molar-refractivity contribution in [3.8, 4) is 11.5 Å². The predicted molar refractivity (Wildman–Crippen MR) is 113 cm³/mol. The number of carbonyl (C=O) groups is 1. The first-order valence-corrected chi connectivity index (χ1v) is 11.4. The van der Waals surface area contributed by atoms with Crippen molar-refractivity contribution in [2.45, 2.75) is 29.2 Å². The van der Waals surface area contributed by atoms with E-state index in [1.807, 2.05) is 0 Å². The van der Waals surface area contributed by atoms with Crippen LogP contribution in [0.5, 0.6) is 0 Å². The summed E-state index contributed by atoms with van der Waals surface area (Å²) in [6, 6.07) is 5.98. The van der Waals surface area contributed by atoms with Gasteiger partial charge >= 0.3 is 0 Å². The number of sulfonamides is 1. The maximum Gasteiger partial charge on any atom is 0.277 e. The summed E-state index contributed by atoms with van der Waals surface area (Å²) in [6.45, 7) is 3.44. The Morgan fingerprint density at radius 3 is 2.63 bits per heavy atom. The third kappa shape index (κ3) is 4.69. The molecule has 0 aliphatic carbocycles. The van der Waals surface area contributed by atoms with Crippen LogP contribution in [0.1, 0.15) is 12.7 Å². The van der Waals surface area contributed by atoms with Crippen molar-refractivity contribution in [3.05, 3.63) is 41.3 Å². The summed E-state index contributed by atoms with van der Waals surface area (Å²) >= 11 is 7.11. The second-order valence-corrected chi connectivity index (χ2v) is 10.3. The number of rotatable bonds is 7. The van der Waals surface area contributed by atoms with Crippen molar-refractivity contribution in [3.63, 3.8) is 0 Å². The highest BCUT2D eigenvalue weighted by Gasteiger charge is 2.23. The lowest BCUT2D eigenvalue weighted by Crippen LogP contribution is -2.24. The normalized spacial score (nSPS) is 12.9. The number of aromatic nitrogens is 2. The quantitative estimate of drug-likeness (QED) is 0.519. The summed E-state index contributed by atoms with van der Waals surface area (Å²) in [7, 11) is -0.949. The maximum atomic E-state index is 12.6. The number of benzene rings is 1. The highest BCUT2D eigenvalue weighted by atomic mass is 35.5. The Balaban J connectivity index is 1.71. The number of hydrogen-bond donors (Lipinski definition) is 1. The van der Waals surface area contributed by atoms with Crippen molar-refractivity contribution >= 4 is 45.0 Å². The largest absolute Gasteiger partial charge is 0.469 e. The van der Waals surface area contributed by atoms with Crippen LogP contribution in [-0.4, -0.2) is 48.2 Å². The van der Waals surface area contributed by atoms with Crippen molar-refractivity contribution < 1.29 is 22.0 Å². The molecule has 160 valence electrons. The zero-order valence-electron chi connectivity index (χ0n) is 16.5. The molecule has 0 saturated carbocycles. The van der Waals surface area contributed by atoms with E-state index in [4.69, 9.17) is 20.4 Å². The minimum absolute atomic E-state index is 0.0667. The number of aryl methyl sites for hydroxylation is 1. The average Bonchev–Trinajstić information content (AvgIpc) is 3.31. The number of nitrogens with one attached hydrogen (secondary N) is 1. The SMILES string of the molecule is Cc1occc1-c1nnc(SC(C)C(=O)Nc2ccc(Cl)c(S(=O)(=O)N(C)C)c2)o1. The summed E-state index contributed by atoms with van der Waals surface area (Å²) in [5, 5.41) is 10.3. The Kier molecular flexibility index (Phi) is 6.56. The van der Waals surface area contributed by atoms with E-state index in [0.717, 1.165) is 16.1 Å². The maximum absolute atomic E-state index is 12.6. The zero-order valence-corrected chi connectivity index (χ0v) is 18.9. The molecule has 30 heavy (non-hydrogen) atoms. The molecule has 0 saturated heterocycles. The van der Waals surface area contributed by atoms with Crippen LogP contribution in [0.3, 0.4) is 0 Å². The first kappa shape index (κ1) is 22.3. The van der Waals surface area contributed by atoms with E-state index in [0.29, 0.717) is 22.9 Å². The van der Waals surface area contributed by atoms with Crippen LogP contribution < -0.4 is 5.32 Å². The van der Waals surface area contributed by atoms with E-state index >= 15 is 0 Å². The molecule has 3 rings (SSSR count). The van der Waals surface area contributed by atoms with Gasteiger partial charge in [0, 0.05) is 19.8 Å². The highest BCUT2D eigenvalue weighted by molar-refractivity contribution is 8.00. The number of anilines is 1. The molecule has 1 unspecified atom stereocenters. The van der Waals surface area contributed by atoms with E-state index < -0.39 is 15.3 Å². The Bertz CT molecular complexity index is 1170. The van der Waals surface area contributed by atoms with Gasteiger partial charge in [0.25, 0.3) is 11.1 Å². The number of thioether (sulfide) groups is 1. The molecule has 0 aliphatic heterocycles. The minimum atomic E-state index is -3.75. The molecule has 0 bridgehead atoms. The summed E-state index contributed by atoms with van der Waals surface area (Å²) in [4.78, 5) is 12.5. The summed E-state index contributed by atoms with van der Waals surface area (Å²) in [5.41, 5.74) is 0.986. The molecular formula is C18H19ClN4O5S2. The van der Waals surface area contributed by atoms with Crippen molar-refractivity contribution in [1.29, 1.82) is 0 Å². The molecule has 1 atom stereocenters. The van der Waals surface area contributed by atoms with Gasteiger partial charge in [-0.15, -0.1) is 10.2 Å². The third-order valence-corrected chi connectivity index (χ3v) is 7.33. The van der Waals surface area contributed by atoms with Gasteiger partial charge in [-0.05, 0) is 38.1 Å². The fourth-order valence-corrected chi connectivity index (χ4v) is 4.47. The minimum Gasteiger partial charge on any atom is -0.469 e. The van der Waals surface area contributed by atoms with Crippen LogP contribution in [0.4, 0.5) is 5.69 Å². The van der Waals surface area contributed by atoms with Gasteiger partial charge in [-0.1, -0.05) is 23.4 Å². The fourth-order valence-electron chi connectivity index (χ4n) is 2.40. The van der Waals surface area contributed by atoms with Gasteiger partial charge in [0.1, 0.15) is 10.7 Å². The van der Waals surface area contributed by atoms with E-state index in [2.05, 4.69) is 15.5 Å². The molecule has 9 nitrogen and oxygen atoms in total. The smallest absolute Gasteiger partial charge is 0.277 e. The number of nitrogens with zero attached hydrogens (tertiary/aromatic N) is 3. The second-order valence-electron chi connectivity index (χ2n) is 6.45. The molecule has 0 aliphatic rings. The number of halogens is 1. The van der Waals surface area contributed by atoms with E-state index in [1.54, 1.807) is 19.9 Å². The van der Waals surface area contributed by atoms with Gasteiger partial charge in [-0.25, -0.2) is 12.7 Å². The van der Waals surface area contributed by atoms with Gasteiger partial charge < -0.3 is 14.2 Å². The van der Waals surface area contributed by atoms with Gasteiger partial charge in [0.15, 0.2) is 0 Å². The van der Waals surface area contributed by atoms with Crippen LogP contribution in [0, 0.1) is 6.92 Å². The van der Waals surface area contributed by atoms with Gasteiger partial charge in [-0.3, -0.25) is 4.79 Å². The van der Waals surface area contributed by atoms with E-state index in [-0.39, 0.29) is 21.0 Å². The second kappa shape index (κ2) is 8.80. The van der Waals surface area contributed by atoms with Crippen LogP contribution in [0.2, 0.25) is 5.02 Å². The molecule has 2 heterocycles. The van der Waals surface area contributed by atoms with Crippen LogP contribution in [-0.2, 0) is 14.8 Å². The third-order valence-electron chi connectivity index (χ3n) is 4.10. The molecule has 0 radical (unpaired) electrons. The zero-order chi connectivity index (χ0) is 22.1. The molecule has 1 N–H and O–H groups in total. The molecule has 12 heteroatoms. The van der Waals surface area contributed by atoms with Crippen LogP contribution >= 0.6 is 23.4 Å². The standard InChI is InChI=1S/C18H19ClN4O5S2/c1-10-13(7-8-27-10)17-21-22-18(28-17)29-11(2)16(24)20-12-5-6-14(19)15(9-12)30(25,26)23(3)4/h5-9,11H,1-4H3,(H,20,24). The van der Waals surface area contributed by atoms with E-state index in [1.165, 1.54) is 38.6 Å². The molecule has 1 amide bonds. The summed E-state index contributed by atoms with van der Waals surface area (Å²) in [5.74, 6) is 0.578. The van der Waals surface area contributed by atoms with Gasteiger partial charge in [0.05, 0.1) is 22.1 Å². The Morgan fingerprint density at radius 2 is 2.00 bits per heavy atom. The Morgan fingerprint density at radius 1 is 1.27 bits per heavy atom. The first-order valence-electron chi connectivity index (χ1n) is 8.67. The molecule has 0 spiro atoms. The molecule has 0 fully saturated rings. The lowest BCUT2D eigenvalue weighted by molar-refractivity contribution is -0.115. The lowest BCUT2D eigenvalue weighted by atomic mass is 10.3. The van der Waals surface area contributed by atoms with Gasteiger partial charge in [0.2, 0.25) is 15.9 Å².